The van der Waals surface area contributed by atoms with E-state index < -0.39 is 6.04 Å². The SMILES string of the molecule is COC(=O)C[C@@H](NC(=O)c1ccc(-c2cn[nH]c2)c(C)c1)c1ccccc1. The largest absolute Gasteiger partial charge is 0.469 e. The summed E-state index contributed by atoms with van der Waals surface area (Å²) in [6.45, 7) is 1.95. The molecule has 0 aliphatic carbocycles. The predicted octanol–water partition coefficient (Wildman–Crippen LogP) is 3.42. The Kier molecular flexibility index (Phi) is 5.66. The van der Waals surface area contributed by atoms with Crippen molar-refractivity contribution in [3.63, 3.8) is 0 Å². The molecule has 3 aromatic rings. The summed E-state index contributed by atoms with van der Waals surface area (Å²) in [5, 5.41) is 9.68. The average molecular weight is 363 g/mol. The summed E-state index contributed by atoms with van der Waals surface area (Å²) in [7, 11) is 1.34. The van der Waals surface area contributed by atoms with E-state index in [9.17, 15) is 9.59 Å². The lowest BCUT2D eigenvalue weighted by molar-refractivity contribution is -0.141. The van der Waals surface area contributed by atoms with Crippen molar-refractivity contribution in [3.8, 4) is 11.1 Å². The second-order valence-corrected chi connectivity index (χ2v) is 6.23. The Bertz CT molecular complexity index is 921. The maximum atomic E-state index is 12.8. The Morgan fingerprint density at radius 3 is 2.59 bits per heavy atom. The highest BCUT2D eigenvalue weighted by Crippen LogP contribution is 2.24. The lowest BCUT2D eigenvalue weighted by Gasteiger charge is -2.18. The first kappa shape index (κ1) is 18.4. The van der Waals surface area contributed by atoms with Crippen molar-refractivity contribution in [1.82, 2.24) is 15.5 Å². The zero-order chi connectivity index (χ0) is 19.2. The van der Waals surface area contributed by atoms with E-state index in [1.807, 2.05) is 55.6 Å². The molecule has 1 amide bonds. The molecule has 6 heteroatoms. The number of methoxy groups -OCH3 is 1. The number of aromatic nitrogens is 2. The Morgan fingerprint density at radius 2 is 1.96 bits per heavy atom. The van der Waals surface area contributed by atoms with E-state index in [2.05, 4.69) is 15.5 Å². The second kappa shape index (κ2) is 8.31. The predicted molar refractivity (Wildman–Crippen MR) is 102 cm³/mol. The molecule has 0 saturated carbocycles. The van der Waals surface area contributed by atoms with Gasteiger partial charge in [-0.1, -0.05) is 36.4 Å². The van der Waals surface area contributed by atoms with Crippen molar-refractivity contribution in [3.05, 3.63) is 77.6 Å². The van der Waals surface area contributed by atoms with Crippen LogP contribution in [0.4, 0.5) is 0 Å². The summed E-state index contributed by atoms with van der Waals surface area (Å²) in [5.41, 5.74) is 4.32. The fourth-order valence-corrected chi connectivity index (χ4v) is 2.96. The molecule has 0 unspecified atom stereocenters. The Balaban J connectivity index is 1.81. The highest BCUT2D eigenvalue weighted by Gasteiger charge is 2.20. The zero-order valence-electron chi connectivity index (χ0n) is 15.2. The van der Waals surface area contributed by atoms with Crippen LogP contribution in [0, 0.1) is 6.92 Å². The first-order valence-corrected chi connectivity index (χ1v) is 8.61. The maximum absolute atomic E-state index is 12.8. The van der Waals surface area contributed by atoms with E-state index in [4.69, 9.17) is 4.74 Å². The van der Waals surface area contributed by atoms with E-state index in [0.29, 0.717) is 5.56 Å². The van der Waals surface area contributed by atoms with Gasteiger partial charge in [0.05, 0.1) is 25.8 Å². The summed E-state index contributed by atoms with van der Waals surface area (Å²) >= 11 is 0. The highest BCUT2D eigenvalue weighted by atomic mass is 16.5. The molecule has 1 aromatic heterocycles. The van der Waals surface area contributed by atoms with Gasteiger partial charge in [-0.05, 0) is 35.7 Å². The number of amides is 1. The van der Waals surface area contributed by atoms with Gasteiger partial charge in [0.15, 0.2) is 0 Å². The minimum atomic E-state index is -0.458. The van der Waals surface area contributed by atoms with E-state index >= 15 is 0 Å². The molecule has 3 rings (SSSR count). The molecule has 0 aliphatic heterocycles. The van der Waals surface area contributed by atoms with Gasteiger partial charge >= 0.3 is 5.97 Å². The van der Waals surface area contributed by atoms with Gasteiger partial charge < -0.3 is 10.1 Å². The number of rotatable bonds is 6. The van der Waals surface area contributed by atoms with Gasteiger partial charge in [0.1, 0.15) is 0 Å². The van der Waals surface area contributed by atoms with E-state index in [-0.39, 0.29) is 18.3 Å². The van der Waals surface area contributed by atoms with E-state index in [1.54, 1.807) is 12.3 Å². The zero-order valence-corrected chi connectivity index (χ0v) is 15.2. The smallest absolute Gasteiger partial charge is 0.307 e. The number of benzene rings is 2. The van der Waals surface area contributed by atoms with Crippen LogP contribution in [-0.4, -0.2) is 29.2 Å². The lowest BCUT2D eigenvalue weighted by atomic mass is 9.99. The van der Waals surface area contributed by atoms with Gasteiger partial charge in [0.25, 0.3) is 5.91 Å². The maximum Gasteiger partial charge on any atom is 0.307 e. The van der Waals surface area contributed by atoms with Gasteiger partial charge in [-0.3, -0.25) is 14.7 Å². The molecule has 2 aromatic carbocycles. The van der Waals surface area contributed by atoms with Crippen molar-refractivity contribution < 1.29 is 14.3 Å². The molecule has 0 spiro atoms. The molecule has 138 valence electrons. The molecule has 1 atom stereocenters. The minimum Gasteiger partial charge on any atom is -0.469 e. The van der Waals surface area contributed by atoms with Gasteiger partial charge in [-0.25, -0.2) is 0 Å². The van der Waals surface area contributed by atoms with Gasteiger partial charge in [-0.15, -0.1) is 0 Å². The summed E-state index contributed by atoms with van der Waals surface area (Å²) < 4.78 is 4.77. The number of aromatic amines is 1. The summed E-state index contributed by atoms with van der Waals surface area (Å²) in [5.74, 6) is -0.620. The third-order valence-electron chi connectivity index (χ3n) is 4.40. The first-order valence-electron chi connectivity index (χ1n) is 8.61. The van der Waals surface area contributed by atoms with Crippen LogP contribution in [0.5, 0.6) is 0 Å². The number of H-pyrrole nitrogens is 1. The van der Waals surface area contributed by atoms with Crippen molar-refractivity contribution >= 4 is 11.9 Å². The molecule has 27 heavy (non-hydrogen) atoms. The molecule has 1 heterocycles. The van der Waals surface area contributed by atoms with Crippen molar-refractivity contribution in [2.75, 3.05) is 7.11 Å². The quantitative estimate of drug-likeness (QED) is 0.657. The Labute approximate surface area is 157 Å². The number of hydrogen-bond donors (Lipinski definition) is 2. The fraction of sp³-hybridized carbons (Fsp3) is 0.190. The van der Waals surface area contributed by atoms with Crippen LogP contribution in [0.25, 0.3) is 11.1 Å². The van der Waals surface area contributed by atoms with Gasteiger partial charge in [-0.2, -0.15) is 5.10 Å². The fourth-order valence-electron chi connectivity index (χ4n) is 2.96. The van der Waals surface area contributed by atoms with Crippen LogP contribution in [0.1, 0.15) is 33.9 Å². The summed E-state index contributed by atoms with van der Waals surface area (Å²) in [6, 6.07) is 14.4. The van der Waals surface area contributed by atoms with Crippen LogP contribution in [0.3, 0.4) is 0 Å². The topological polar surface area (TPSA) is 84.1 Å². The lowest BCUT2D eigenvalue weighted by Crippen LogP contribution is -2.30. The van der Waals surface area contributed by atoms with Crippen LogP contribution >= 0.6 is 0 Å². The normalized spacial score (nSPS) is 11.6. The van der Waals surface area contributed by atoms with Crippen LogP contribution < -0.4 is 5.32 Å². The van der Waals surface area contributed by atoms with Crippen molar-refractivity contribution in [1.29, 1.82) is 0 Å². The number of carbonyl (C=O) groups excluding carboxylic acids is 2. The molecular weight excluding hydrogens is 342 g/mol. The number of esters is 1. The van der Waals surface area contributed by atoms with E-state index in [1.165, 1.54) is 7.11 Å². The van der Waals surface area contributed by atoms with Crippen LogP contribution in [0.15, 0.2) is 60.9 Å². The number of nitrogens with zero attached hydrogens (tertiary/aromatic N) is 1. The third kappa shape index (κ3) is 4.41. The van der Waals surface area contributed by atoms with Crippen LogP contribution in [0.2, 0.25) is 0 Å². The van der Waals surface area contributed by atoms with Gasteiger partial charge in [0.2, 0.25) is 0 Å². The molecule has 0 fully saturated rings. The standard InChI is InChI=1S/C21H21N3O3/c1-14-10-16(8-9-18(14)17-12-22-23-13-17)21(26)24-19(11-20(25)27-2)15-6-4-3-5-7-15/h3-10,12-13,19H,11H2,1-2H3,(H,22,23)(H,24,26)/t19-/m1/s1. The molecule has 6 nitrogen and oxygen atoms in total. The van der Waals surface area contributed by atoms with Gasteiger partial charge in [0, 0.05) is 17.3 Å². The molecule has 0 bridgehead atoms. The average Bonchev–Trinajstić information content (AvgIpc) is 3.22. The Hall–Kier alpha value is -3.41. The van der Waals surface area contributed by atoms with Crippen molar-refractivity contribution in [2.45, 2.75) is 19.4 Å². The van der Waals surface area contributed by atoms with E-state index in [0.717, 1.165) is 22.3 Å². The first-order chi connectivity index (χ1) is 13.1. The van der Waals surface area contributed by atoms with Crippen molar-refractivity contribution in [2.24, 2.45) is 0 Å². The number of hydrogen-bond acceptors (Lipinski definition) is 4. The summed E-state index contributed by atoms with van der Waals surface area (Å²) in [4.78, 5) is 24.5. The molecule has 2 N–H and O–H groups in total. The summed E-state index contributed by atoms with van der Waals surface area (Å²) in [6.07, 6.45) is 3.62. The number of aryl methyl sites for hydroxylation is 1. The molecule has 0 saturated heterocycles. The minimum absolute atomic E-state index is 0.0678. The molecule has 0 radical (unpaired) electrons. The molecular formula is C21H21N3O3. The number of ether oxygens (including phenoxy) is 1. The molecule has 0 aliphatic rings. The highest BCUT2D eigenvalue weighted by molar-refractivity contribution is 5.95. The third-order valence-corrected chi connectivity index (χ3v) is 4.40. The van der Waals surface area contributed by atoms with Crippen LogP contribution in [-0.2, 0) is 9.53 Å². The number of nitrogens with one attached hydrogen (secondary N) is 2. The number of carbonyl (C=O) groups is 2. The second-order valence-electron chi connectivity index (χ2n) is 6.23. The Morgan fingerprint density at radius 1 is 1.19 bits per heavy atom. The monoisotopic (exact) mass is 363 g/mol.